The summed E-state index contributed by atoms with van der Waals surface area (Å²) in [5.74, 6) is 5.79. The molecule has 0 amide bonds. The first-order valence-corrected chi connectivity index (χ1v) is 7.73. The normalized spacial score (nSPS) is 12.7. The van der Waals surface area contributed by atoms with Crippen molar-refractivity contribution in [3.63, 3.8) is 0 Å². The van der Waals surface area contributed by atoms with Crippen LogP contribution in [0.15, 0.2) is 36.5 Å². The van der Waals surface area contributed by atoms with Crippen LogP contribution in [0.4, 0.5) is 0 Å². The molecule has 5 heteroatoms. The van der Waals surface area contributed by atoms with Crippen LogP contribution in [0.3, 0.4) is 0 Å². The number of nitrogens with zero attached hydrogens (tertiary/aromatic N) is 2. The van der Waals surface area contributed by atoms with E-state index >= 15 is 0 Å². The predicted octanol–water partition coefficient (Wildman–Crippen LogP) is 3.06. The van der Waals surface area contributed by atoms with E-state index in [-0.39, 0.29) is 6.04 Å². The number of nitrogens with two attached hydrogens (primary N) is 1. The van der Waals surface area contributed by atoms with E-state index in [2.05, 4.69) is 27.5 Å². The Labute approximate surface area is 128 Å². The molecule has 1 atom stereocenters. The van der Waals surface area contributed by atoms with E-state index in [0.29, 0.717) is 0 Å². The van der Waals surface area contributed by atoms with Crippen molar-refractivity contribution < 1.29 is 0 Å². The molecule has 0 aliphatic carbocycles. The van der Waals surface area contributed by atoms with Gasteiger partial charge in [-0.2, -0.15) is 0 Å². The van der Waals surface area contributed by atoms with Gasteiger partial charge in [-0.15, -0.1) is 11.3 Å². The number of hydrazine groups is 1. The molecule has 3 N–H and O–H groups in total. The van der Waals surface area contributed by atoms with Gasteiger partial charge >= 0.3 is 0 Å². The summed E-state index contributed by atoms with van der Waals surface area (Å²) in [4.78, 5) is 10.1. The van der Waals surface area contributed by atoms with Gasteiger partial charge in [-0.1, -0.05) is 18.2 Å². The third-order valence-corrected chi connectivity index (χ3v) is 4.81. The first kappa shape index (κ1) is 14.1. The number of nitrogens with one attached hydrogen (secondary N) is 1. The third kappa shape index (κ3) is 2.81. The number of aryl methyl sites for hydroxylation is 2. The van der Waals surface area contributed by atoms with Gasteiger partial charge in [0.05, 0.1) is 22.3 Å². The first-order valence-electron chi connectivity index (χ1n) is 6.91. The molecule has 1 aromatic carbocycles. The van der Waals surface area contributed by atoms with Crippen molar-refractivity contribution >= 4 is 22.2 Å². The van der Waals surface area contributed by atoms with Gasteiger partial charge in [0.25, 0.3) is 0 Å². The molecule has 0 saturated heterocycles. The zero-order chi connectivity index (χ0) is 14.8. The lowest BCUT2D eigenvalue weighted by molar-refractivity contribution is 0.558. The Balaban J connectivity index is 1.98. The van der Waals surface area contributed by atoms with E-state index < -0.39 is 0 Å². The van der Waals surface area contributed by atoms with E-state index in [1.807, 2.05) is 38.2 Å². The van der Waals surface area contributed by atoms with E-state index in [4.69, 9.17) is 5.84 Å². The highest BCUT2D eigenvalue weighted by Crippen LogP contribution is 2.28. The van der Waals surface area contributed by atoms with Crippen molar-refractivity contribution in [1.82, 2.24) is 15.4 Å². The smallest absolute Gasteiger partial charge is 0.0900 e. The minimum atomic E-state index is 0.0713. The monoisotopic (exact) mass is 298 g/mol. The van der Waals surface area contributed by atoms with Gasteiger partial charge in [-0.25, -0.2) is 4.98 Å². The third-order valence-electron chi connectivity index (χ3n) is 3.62. The number of hydrogen-bond acceptors (Lipinski definition) is 5. The van der Waals surface area contributed by atoms with Crippen LogP contribution in [0.25, 0.3) is 10.9 Å². The fourth-order valence-corrected chi connectivity index (χ4v) is 3.64. The number of thiazole rings is 1. The number of para-hydroxylation sites is 1. The summed E-state index contributed by atoms with van der Waals surface area (Å²) in [7, 11) is 0. The maximum atomic E-state index is 5.79. The largest absolute Gasteiger partial charge is 0.271 e. The van der Waals surface area contributed by atoms with Crippen molar-refractivity contribution in [3.05, 3.63) is 57.7 Å². The average molecular weight is 298 g/mol. The summed E-state index contributed by atoms with van der Waals surface area (Å²) in [5.41, 5.74) is 6.25. The second-order valence-electron chi connectivity index (χ2n) is 5.09. The van der Waals surface area contributed by atoms with Gasteiger partial charge < -0.3 is 0 Å². The zero-order valence-electron chi connectivity index (χ0n) is 12.1. The highest BCUT2D eigenvalue weighted by Gasteiger charge is 2.17. The molecular weight excluding hydrogens is 280 g/mol. The molecule has 0 fully saturated rings. The second-order valence-corrected chi connectivity index (χ2v) is 6.33. The lowest BCUT2D eigenvalue weighted by Crippen LogP contribution is -2.29. The molecule has 3 aromatic rings. The Morgan fingerprint density at radius 1 is 1.24 bits per heavy atom. The molecular formula is C16H18N4S. The summed E-state index contributed by atoms with van der Waals surface area (Å²) >= 11 is 1.70. The quantitative estimate of drug-likeness (QED) is 0.574. The summed E-state index contributed by atoms with van der Waals surface area (Å²) in [6, 6.07) is 10.3. The molecule has 0 aliphatic heterocycles. The highest BCUT2D eigenvalue weighted by atomic mass is 32.1. The highest BCUT2D eigenvalue weighted by molar-refractivity contribution is 7.11. The summed E-state index contributed by atoms with van der Waals surface area (Å²) in [5, 5.41) is 2.25. The number of hydrogen-bond donors (Lipinski definition) is 2. The summed E-state index contributed by atoms with van der Waals surface area (Å²) in [6.07, 6.45) is 2.68. The average Bonchev–Trinajstić information content (AvgIpc) is 2.83. The molecule has 4 nitrogen and oxygen atoms in total. The van der Waals surface area contributed by atoms with Gasteiger partial charge in [0.1, 0.15) is 0 Å². The van der Waals surface area contributed by atoms with Gasteiger partial charge in [0.15, 0.2) is 0 Å². The van der Waals surface area contributed by atoms with Crippen molar-refractivity contribution in [2.45, 2.75) is 26.3 Å². The fraction of sp³-hybridized carbons (Fsp3) is 0.250. The number of rotatable bonds is 4. The van der Waals surface area contributed by atoms with Gasteiger partial charge in [0.2, 0.25) is 0 Å². The van der Waals surface area contributed by atoms with E-state index in [1.54, 1.807) is 11.3 Å². The van der Waals surface area contributed by atoms with Crippen LogP contribution in [0.1, 0.15) is 27.2 Å². The summed E-state index contributed by atoms with van der Waals surface area (Å²) < 4.78 is 0. The maximum absolute atomic E-state index is 5.79. The minimum Gasteiger partial charge on any atom is -0.271 e. The number of pyridine rings is 1. The number of fused-ring (bicyclic) bond motifs is 1. The maximum Gasteiger partial charge on any atom is 0.0900 e. The standard InChI is InChI=1S/C16H18N4S/c1-10-16(21-11(2)19-10)15(20-17)9-12-7-8-18-14-6-4-3-5-13(12)14/h3-8,15,20H,9,17H2,1-2H3. The fourth-order valence-electron chi connectivity index (χ4n) is 2.65. The van der Waals surface area contributed by atoms with Gasteiger partial charge in [0, 0.05) is 16.5 Å². The van der Waals surface area contributed by atoms with Crippen LogP contribution in [-0.4, -0.2) is 9.97 Å². The molecule has 0 radical (unpaired) electrons. The molecule has 2 heterocycles. The van der Waals surface area contributed by atoms with Crippen LogP contribution in [0.5, 0.6) is 0 Å². The van der Waals surface area contributed by atoms with Crippen LogP contribution >= 0.6 is 11.3 Å². The Kier molecular flexibility index (Phi) is 3.96. The second kappa shape index (κ2) is 5.89. The lowest BCUT2D eigenvalue weighted by atomic mass is 10.0. The molecule has 21 heavy (non-hydrogen) atoms. The summed E-state index contributed by atoms with van der Waals surface area (Å²) in [6.45, 7) is 4.06. The van der Waals surface area contributed by atoms with E-state index in [9.17, 15) is 0 Å². The van der Waals surface area contributed by atoms with Crippen molar-refractivity contribution in [1.29, 1.82) is 0 Å². The molecule has 0 saturated carbocycles. The van der Waals surface area contributed by atoms with Crippen LogP contribution in [0.2, 0.25) is 0 Å². The SMILES string of the molecule is Cc1nc(C)c(C(Cc2ccnc3ccccc23)NN)s1. The predicted molar refractivity (Wildman–Crippen MR) is 87.1 cm³/mol. The topological polar surface area (TPSA) is 63.8 Å². The van der Waals surface area contributed by atoms with Crippen LogP contribution < -0.4 is 11.3 Å². The molecule has 0 spiro atoms. The molecule has 1 unspecified atom stereocenters. The lowest BCUT2D eigenvalue weighted by Gasteiger charge is -2.16. The molecule has 3 rings (SSSR count). The van der Waals surface area contributed by atoms with Crippen molar-refractivity contribution in [3.8, 4) is 0 Å². The van der Waals surface area contributed by atoms with Crippen molar-refractivity contribution in [2.75, 3.05) is 0 Å². The van der Waals surface area contributed by atoms with E-state index in [0.717, 1.165) is 22.6 Å². The Morgan fingerprint density at radius 3 is 2.76 bits per heavy atom. The van der Waals surface area contributed by atoms with E-state index in [1.165, 1.54) is 15.8 Å². The molecule has 2 aromatic heterocycles. The number of benzene rings is 1. The molecule has 0 bridgehead atoms. The van der Waals surface area contributed by atoms with Gasteiger partial charge in [-0.3, -0.25) is 16.3 Å². The zero-order valence-corrected chi connectivity index (χ0v) is 12.9. The molecule has 108 valence electrons. The Morgan fingerprint density at radius 2 is 2.05 bits per heavy atom. The van der Waals surface area contributed by atoms with Crippen LogP contribution in [-0.2, 0) is 6.42 Å². The number of aromatic nitrogens is 2. The Bertz CT molecular complexity index is 761. The van der Waals surface area contributed by atoms with Crippen LogP contribution in [0, 0.1) is 13.8 Å². The minimum absolute atomic E-state index is 0.0713. The van der Waals surface area contributed by atoms with Gasteiger partial charge in [-0.05, 0) is 38.0 Å². The molecule has 0 aliphatic rings. The van der Waals surface area contributed by atoms with Crippen molar-refractivity contribution in [2.24, 2.45) is 5.84 Å². The Hall–Kier alpha value is -1.82. The first-order chi connectivity index (χ1) is 10.2.